The second-order valence-corrected chi connectivity index (χ2v) is 6.43. The van der Waals surface area contributed by atoms with Gasteiger partial charge in [0.1, 0.15) is 0 Å². The van der Waals surface area contributed by atoms with Gasteiger partial charge in [0.15, 0.2) is 11.6 Å². The maximum absolute atomic E-state index is 12.5. The van der Waals surface area contributed by atoms with Crippen LogP contribution in [0.15, 0.2) is 22.0 Å². The van der Waals surface area contributed by atoms with Crippen LogP contribution in [0, 0.1) is 23.7 Å². The zero-order valence-electron chi connectivity index (χ0n) is 9.80. The summed E-state index contributed by atoms with van der Waals surface area (Å²) in [6.45, 7) is 0. The van der Waals surface area contributed by atoms with Crippen molar-refractivity contribution in [2.75, 3.05) is 12.5 Å². The molecule has 0 saturated heterocycles. The van der Waals surface area contributed by atoms with E-state index in [0.29, 0.717) is 21.6 Å². The molecule has 3 rings (SSSR count). The van der Waals surface area contributed by atoms with Gasteiger partial charge in [0.25, 0.3) is 0 Å². The predicted molar refractivity (Wildman–Crippen MR) is 71.8 cm³/mol. The number of allylic oxidation sites excluding steroid dienone is 4. The fourth-order valence-electron chi connectivity index (χ4n) is 3.45. The number of carbonyl (C=O) groups is 2. The molecular formula is C13H14O2S2. The van der Waals surface area contributed by atoms with Crippen molar-refractivity contribution in [2.24, 2.45) is 23.7 Å². The van der Waals surface area contributed by atoms with Gasteiger partial charge in [-0.05, 0) is 30.8 Å². The summed E-state index contributed by atoms with van der Waals surface area (Å²) < 4.78 is 0. The number of hydrogen-bond acceptors (Lipinski definition) is 4. The summed E-state index contributed by atoms with van der Waals surface area (Å²) in [4.78, 5) is 26.3. The van der Waals surface area contributed by atoms with Crippen LogP contribution in [0.3, 0.4) is 0 Å². The summed E-state index contributed by atoms with van der Waals surface area (Å²) in [7, 11) is 0. The molecule has 4 heteroatoms. The van der Waals surface area contributed by atoms with E-state index in [0.717, 1.165) is 6.42 Å². The Balaban J connectivity index is 2.10. The first-order valence-electron chi connectivity index (χ1n) is 5.78. The Morgan fingerprint density at radius 1 is 0.941 bits per heavy atom. The van der Waals surface area contributed by atoms with Gasteiger partial charge < -0.3 is 0 Å². The molecule has 0 spiro atoms. The van der Waals surface area contributed by atoms with Crippen LogP contribution in [-0.4, -0.2) is 24.1 Å². The third-order valence-corrected chi connectivity index (χ3v) is 5.88. The van der Waals surface area contributed by atoms with E-state index in [1.807, 2.05) is 12.5 Å². The number of ketones is 2. The number of Topliss-reactive ketones (excluding diaryl/α,β-unsaturated/α-hetero) is 2. The van der Waals surface area contributed by atoms with E-state index in [1.165, 1.54) is 23.5 Å². The van der Waals surface area contributed by atoms with Crippen molar-refractivity contribution in [3.05, 3.63) is 22.0 Å². The van der Waals surface area contributed by atoms with Crippen LogP contribution in [0.2, 0.25) is 0 Å². The van der Waals surface area contributed by atoms with E-state index in [4.69, 9.17) is 0 Å². The predicted octanol–water partition coefficient (Wildman–Crippen LogP) is 2.51. The molecule has 17 heavy (non-hydrogen) atoms. The van der Waals surface area contributed by atoms with Crippen molar-refractivity contribution in [2.45, 2.75) is 6.42 Å². The van der Waals surface area contributed by atoms with E-state index in [-0.39, 0.29) is 23.4 Å². The summed E-state index contributed by atoms with van der Waals surface area (Å²) in [5.74, 6) is 0.928. The number of carbonyl (C=O) groups excluding carboxylic acids is 2. The Morgan fingerprint density at radius 2 is 1.35 bits per heavy atom. The normalized spacial score (nSPS) is 39.2. The summed E-state index contributed by atoms with van der Waals surface area (Å²) >= 11 is 2.86. The highest BCUT2D eigenvalue weighted by Gasteiger charge is 2.55. The quantitative estimate of drug-likeness (QED) is 0.719. The highest BCUT2D eigenvalue weighted by molar-refractivity contribution is 8.07. The molecule has 4 unspecified atom stereocenters. The van der Waals surface area contributed by atoms with Crippen molar-refractivity contribution in [3.8, 4) is 0 Å². The standard InChI is InChI=1S/C13H14O2S2/c1-16-12-10(14)8-6-3-4-7(5-6)9(8)11(15)13(12)17-2/h3-4,6-9H,5H2,1-2H3. The van der Waals surface area contributed by atoms with Crippen LogP contribution in [0.4, 0.5) is 0 Å². The summed E-state index contributed by atoms with van der Waals surface area (Å²) in [6, 6.07) is 0. The van der Waals surface area contributed by atoms with Gasteiger partial charge in [-0.15, -0.1) is 23.5 Å². The molecule has 90 valence electrons. The average molecular weight is 266 g/mol. The van der Waals surface area contributed by atoms with Crippen molar-refractivity contribution in [1.29, 1.82) is 0 Å². The first-order chi connectivity index (χ1) is 8.19. The number of rotatable bonds is 2. The van der Waals surface area contributed by atoms with Crippen LogP contribution in [-0.2, 0) is 9.59 Å². The molecule has 3 aliphatic carbocycles. The van der Waals surface area contributed by atoms with Gasteiger partial charge in [0.2, 0.25) is 0 Å². The van der Waals surface area contributed by atoms with E-state index in [1.54, 1.807) is 0 Å². The fourth-order valence-corrected chi connectivity index (χ4v) is 5.20. The molecule has 1 saturated carbocycles. The van der Waals surface area contributed by atoms with Gasteiger partial charge in [-0.1, -0.05) is 12.2 Å². The van der Waals surface area contributed by atoms with Crippen LogP contribution in [0.1, 0.15) is 6.42 Å². The molecule has 4 atom stereocenters. The van der Waals surface area contributed by atoms with Crippen molar-refractivity contribution >= 4 is 35.1 Å². The highest BCUT2D eigenvalue weighted by atomic mass is 32.2. The second-order valence-electron chi connectivity index (χ2n) is 4.79. The lowest BCUT2D eigenvalue weighted by molar-refractivity contribution is -0.129. The topological polar surface area (TPSA) is 34.1 Å². The Kier molecular flexibility index (Phi) is 2.75. The lowest BCUT2D eigenvalue weighted by Gasteiger charge is -2.31. The minimum atomic E-state index is -0.0594. The second kappa shape index (κ2) is 4.02. The van der Waals surface area contributed by atoms with E-state index in [2.05, 4.69) is 12.2 Å². The molecule has 0 heterocycles. The largest absolute Gasteiger partial charge is 0.293 e. The van der Waals surface area contributed by atoms with Gasteiger partial charge >= 0.3 is 0 Å². The Morgan fingerprint density at radius 3 is 1.71 bits per heavy atom. The van der Waals surface area contributed by atoms with E-state index >= 15 is 0 Å². The lowest BCUT2D eigenvalue weighted by Crippen LogP contribution is -2.38. The van der Waals surface area contributed by atoms with Crippen LogP contribution in [0.5, 0.6) is 0 Å². The van der Waals surface area contributed by atoms with Gasteiger partial charge in [-0.25, -0.2) is 0 Å². The molecule has 1 fully saturated rings. The Bertz CT molecular complexity index is 424. The average Bonchev–Trinajstić information content (AvgIpc) is 2.93. The minimum absolute atomic E-state index is 0.0594. The minimum Gasteiger partial charge on any atom is -0.293 e. The van der Waals surface area contributed by atoms with Crippen LogP contribution in [0.25, 0.3) is 0 Å². The molecule has 0 amide bonds. The monoisotopic (exact) mass is 266 g/mol. The van der Waals surface area contributed by atoms with Gasteiger partial charge in [0, 0.05) is 11.8 Å². The zero-order valence-corrected chi connectivity index (χ0v) is 11.4. The number of hydrogen-bond donors (Lipinski definition) is 0. The maximum atomic E-state index is 12.5. The van der Waals surface area contributed by atoms with Gasteiger partial charge in [0.05, 0.1) is 9.81 Å². The lowest BCUT2D eigenvalue weighted by atomic mass is 9.74. The molecular weight excluding hydrogens is 252 g/mol. The molecule has 2 bridgehead atoms. The molecule has 0 radical (unpaired) electrons. The smallest absolute Gasteiger partial charge is 0.174 e. The summed E-state index contributed by atoms with van der Waals surface area (Å²) in [6.07, 6.45) is 9.05. The van der Waals surface area contributed by atoms with Crippen LogP contribution < -0.4 is 0 Å². The Hall–Kier alpha value is -0.480. The SMILES string of the molecule is CSC1=C(SC)C(=O)C2C3C=CC(C3)C2C1=O. The molecule has 0 aliphatic heterocycles. The van der Waals surface area contributed by atoms with Crippen molar-refractivity contribution in [1.82, 2.24) is 0 Å². The summed E-state index contributed by atoms with van der Waals surface area (Å²) in [5, 5.41) is 0. The van der Waals surface area contributed by atoms with Crippen molar-refractivity contribution < 1.29 is 9.59 Å². The van der Waals surface area contributed by atoms with E-state index in [9.17, 15) is 9.59 Å². The van der Waals surface area contributed by atoms with Gasteiger partial charge in [-0.3, -0.25) is 9.59 Å². The molecule has 0 aromatic heterocycles. The first-order valence-corrected chi connectivity index (χ1v) is 8.23. The highest BCUT2D eigenvalue weighted by Crippen LogP contribution is 2.54. The molecule has 0 aromatic rings. The molecule has 0 aromatic carbocycles. The fraction of sp³-hybridized carbons (Fsp3) is 0.538. The number of fused-ring (bicyclic) bond motifs is 5. The molecule has 2 nitrogen and oxygen atoms in total. The van der Waals surface area contributed by atoms with Crippen LogP contribution >= 0.6 is 23.5 Å². The number of thioether (sulfide) groups is 2. The third kappa shape index (κ3) is 1.43. The maximum Gasteiger partial charge on any atom is 0.174 e. The third-order valence-electron chi connectivity index (χ3n) is 4.13. The molecule has 0 N–H and O–H groups in total. The van der Waals surface area contributed by atoms with Gasteiger partial charge in [-0.2, -0.15) is 0 Å². The summed E-state index contributed by atoms with van der Waals surface area (Å²) in [5.41, 5.74) is 0. The Labute approximate surface area is 109 Å². The van der Waals surface area contributed by atoms with E-state index < -0.39 is 0 Å². The molecule has 3 aliphatic rings. The van der Waals surface area contributed by atoms with Crippen molar-refractivity contribution in [3.63, 3.8) is 0 Å². The first kappa shape index (κ1) is 11.6. The zero-order chi connectivity index (χ0) is 12.2.